The van der Waals surface area contributed by atoms with Gasteiger partial charge in [-0.05, 0) is 42.2 Å². The molecule has 2 atom stereocenters. The summed E-state index contributed by atoms with van der Waals surface area (Å²) in [5.74, 6) is 0.395. The number of carbonyl (C=O) groups is 1. The van der Waals surface area contributed by atoms with Crippen LogP contribution in [-0.2, 0) is 6.54 Å². The van der Waals surface area contributed by atoms with Crippen LogP contribution in [0.15, 0.2) is 59.9 Å². The van der Waals surface area contributed by atoms with Gasteiger partial charge >= 0.3 is 0 Å². The lowest BCUT2D eigenvalue weighted by Gasteiger charge is -2.42. The third-order valence-electron chi connectivity index (χ3n) is 6.39. The zero-order valence-electron chi connectivity index (χ0n) is 17.7. The maximum Gasteiger partial charge on any atom is 0.258 e. The Morgan fingerprint density at radius 3 is 2.45 bits per heavy atom. The molecule has 2 bridgehead atoms. The van der Waals surface area contributed by atoms with Crippen molar-refractivity contribution < 1.29 is 4.79 Å². The fourth-order valence-corrected chi connectivity index (χ4v) is 4.86. The third-order valence-corrected chi connectivity index (χ3v) is 6.39. The highest BCUT2D eigenvalue weighted by Gasteiger charge is 2.37. The monoisotopic (exact) mass is 415 g/mol. The Morgan fingerprint density at radius 1 is 1.00 bits per heavy atom. The Bertz CT molecular complexity index is 1170. The number of piperidine rings is 1. The molecule has 31 heavy (non-hydrogen) atoms. The first-order valence-electron chi connectivity index (χ1n) is 10.6. The Morgan fingerprint density at radius 2 is 1.74 bits per heavy atom. The molecule has 1 aromatic carbocycles. The Balaban J connectivity index is 1.44. The molecule has 7 heteroatoms. The number of hydrogen-bond acceptors (Lipinski definition) is 5. The number of aromatic nitrogens is 3. The van der Waals surface area contributed by atoms with Crippen LogP contribution in [-0.4, -0.2) is 52.5 Å². The van der Waals surface area contributed by atoms with Crippen LogP contribution in [0.1, 0.15) is 28.4 Å². The van der Waals surface area contributed by atoms with E-state index in [0.29, 0.717) is 25.2 Å². The normalized spacial score (nSPS) is 19.6. The molecule has 2 aliphatic heterocycles. The minimum absolute atomic E-state index is 0.0382. The van der Waals surface area contributed by atoms with Gasteiger partial charge in [-0.25, -0.2) is 9.97 Å². The Hall–Kier alpha value is -3.48. The molecular weight excluding hydrogens is 390 g/mol. The maximum absolute atomic E-state index is 13.4. The van der Waals surface area contributed by atoms with E-state index in [1.54, 1.807) is 12.4 Å². The molecule has 1 fully saturated rings. The van der Waals surface area contributed by atoms with Gasteiger partial charge in [0, 0.05) is 69.0 Å². The Labute approximate surface area is 181 Å². The summed E-state index contributed by atoms with van der Waals surface area (Å²) in [6, 6.07) is 12.1. The molecule has 5 rings (SSSR count). The van der Waals surface area contributed by atoms with Gasteiger partial charge in [0.1, 0.15) is 6.33 Å². The van der Waals surface area contributed by atoms with E-state index in [1.807, 2.05) is 58.8 Å². The van der Waals surface area contributed by atoms with Gasteiger partial charge in [0.2, 0.25) is 0 Å². The summed E-state index contributed by atoms with van der Waals surface area (Å²) in [6.45, 7) is 1.90. The van der Waals surface area contributed by atoms with E-state index < -0.39 is 0 Å². The van der Waals surface area contributed by atoms with Crippen LogP contribution in [0.5, 0.6) is 0 Å². The molecule has 0 radical (unpaired) electrons. The second-order valence-electron chi connectivity index (χ2n) is 8.66. The average Bonchev–Trinajstić information content (AvgIpc) is 2.80. The van der Waals surface area contributed by atoms with Crippen molar-refractivity contribution in [3.05, 3.63) is 76.7 Å². The molecule has 4 heterocycles. The molecule has 0 unspecified atom stereocenters. The highest BCUT2D eigenvalue weighted by Crippen LogP contribution is 2.36. The van der Waals surface area contributed by atoms with E-state index in [9.17, 15) is 9.59 Å². The van der Waals surface area contributed by atoms with Crippen LogP contribution in [0.25, 0.3) is 11.1 Å². The number of anilines is 1. The van der Waals surface area contributed by atoms with E-state index in [2.05, 4.69) is 16.0 Å². The summed E-state index contributed by atoms with van der Waals surface area (Å²) in [5.41, 5.74) is 4.35. The van der Waals surface area contributed by atoms with Crippen molar-refractivity contribution in [3.63, 3.8) is 0 Å². The number of nitrogens with zero attached hydrogens (tertiary/aromatic N) is 5. The fraction of sp³-hybridized carbons (Fsp3) is 0.333. The second-order valence-corrected chi connectivity index (χ2v) is 8.66. The summed E-state index contributed by atoms with van der Waals surface area (Å²) in [4.78, 5) is 38.1. The maximum atomic E-state index is 13.4. The van der Waals surface area contributed by atoms with Crippen LogP contribution in [0.4, 0.5) is 5.69 Å². The molecular formula is C24H25N5O2. The van der Waals surface area contributed by atoms with Crippen LogP contribution in [0.2, 0.25) is 0 Å². The van der Waals surface area contributed by atoms with Crippen LogP contribution in [0.3, 0.4) is 0 Å². The van der Waals surface area contributed by atoms with Crippen molar-refractivity contribution >= 4 is 11.6 Å². The zero-order valence-corrected chi connectivity index (χ0v) is 17.7. The first kappa shape index (κ1) is 19.5. The average molecular weight is 415 g/mol. The van der Waals surface area contributed by atoms with Gasteiger partial charge in [-0.3, -0.25) is 9.59 Å². The van der Waals surface area contributed by atoms with Gasteiger partial charge in [0.15, 0.2) is 0 Å². The number of amides is 1. The van der Waals surface area contributed by atoms with E-state index in [0.717, 1.165) is 28.9 Å². The largest absolute Gasteiger partial charge is 0.378 e. The molecule has 0 aliphatic carbocycles. The second kappa shape index (κ2) is 7.65. The first-order chi connectivity index (χ1) is 15.0. The zero-order chi connectivity index (χ0) is 21.5. The lowest BCUT2D eigenvalue weighted by Crippen LogP contribution is -2.49. The number of carbonyl (C=O) groups excluding carboxylic acids is 1. The molecule has 2 aromatic heterocycles. The van der Waals surface area contributed by atoms with Crippen LogP contribution >= 0.6 is 0 Å². The molecule has 0 N–H and O–H groups in total. The van der Waals surface area contributed by atoms with Gasteiger partial charge in [-0.15, -0.1) is 0 Å². The predicted octanol–water partition coefficient (Wildman–Crippen LogP) is 2.63. The fourth-order valence-electron chi connectivity index (χ4n) is 4.86. The standard InChI is InChI=1S/C24H25N5O2/c1-27(2)20-5-3-17(4-6-20)21-7-8-22-18-9-16(13-29(22)24(21)31)12-28(14-18)23(30)19-10-25-15-26-11-19/h3-8,10-11,15-16,18H,9,12-14H2,1-2H3/t16-,18+/m0/s1. The van der Waals surface area contributed by atoms with Crippen molar-refractivity contribution in [2.24, 2.45) is 5.92 Å². The quantitative estimate of drug-likeness (QED) is 0.658. The number of likely N-dealkylation sites (tertiary alicyclic amines) is 1. The summed E-state index contributed by atoms with van der Waals surface area (Å²) >= 11 is 0. The van der Waals surface area contributed by atoms with Crippen LogP contribution in [0, 0.1) is 5.92 Å². The van der Waals surface area contributed by atoms with Crippen LogP contribution < -0.4 is 10.5 Å². The van der Waals surface area contributed by atoms with Gasteiger partial charge in [0.05, 0.1) is 5.56 Å². The van der Waals surface area contributed by atoms with Crippen molar-refractivity contribution in [2.75, 3.05) is 32.1 Å². The van der Waals surface area contributed by atoms with E-state index >= 15 is 0 Å². The van der Waals surface area contributed by atoms with E-state index in [1.165, 1.54) is 6.33 Å². The molecule has 158 valence electrons. The van der Waals surface area contributed by atoms with E-state index in [-0.39, 0.29) is 23.3 Å². The lowest BCUT2D eigenvalue weighted by atomic mass is 9.82. The van der Waals surface area contributed by atoms with Crippen molar-refractivity contribution in [1.29, 1.82) is 0 Å². The smallest absolute Gasteiger partial charge is 0.258 e. The molecule has 0 saturated carbocycles. The third kappa shape index (κ3) is 3.50. The number of hydrogen-bond donors (Lipinski definition) is 0. The van der Waals surface area contributed by atoms with Crippen molar-refractivity contribution in [1.82, 2.24) is 19.4 Å². The minimum Gasteiger partial charge on any atom is -0.378 e. The molecule has 1 saturated heterocycles. The Kier molecular flexibility index (Phi) is 4.81. The van der Waals surface area contributed by atoms with Crippen molar-refractivity contribution in [3.8, 4) is 11.1 Å². The molecule has 0 spiro atoms. The summed E-state index contributed by atoms with van der Waals surface area (Å²) < 4.78 is 1.93. The van der Waals surface area contributed by atoms with Gasteiger partial charge in [0.25, 0.3) is 11.5 Å². The summed E-state index contributed by atoms with van der Waals surface area (Å²) in [5, 5.41) is 0. The number of rotatable bonds is 3. The minimum atomic E-state index is -0.0382. The van der Waals surface area contributed by atoms with Crippen molar-refractivity contribution in [2.45, 2.75) is 18.9 Å². The van der Waals surface area contributed by atoms with Gasteiger partial charge in [-0.1, -0.05) is 12.1 Å². The lowest BCUT2D eigenvalue weighted by molar-refractivity contribution is 0.0594. The summed E-state index contributed by atoms with van der Waals surface area (Å²) in [7, 11) is 4.00. The number of pyridine rings is 1. The highest BCUT2D eigenvalue weighted by atomic mass is 16.2. The summed E-state index contributed by atoms with van der Waals surface area (Å²) in [6.07, 6.45) is 5.55. The molecule has 3 aromatic rings. The highest BCUT2D eigenvalue weighted by molar-refractivity contribution is 5.93. The number of fused-ring (bicyclic) bond motifs is 4. The number of benzene rings is 1. The van der Waals surface area contributed by atoms with Gasteiger partial charge < -0.3 is 14.4 Å². The SMILES string of the molecule is CN(C)c1ccc(-c2ccc3n(c2=O)C[C@H]2C[C@@H]3CN(C(=O)c3cncnc3)C2)cc1. The predicted molar refractivity (Wildman–Crippen MR) is 119 cm³/mol. The first-order valence-corrected chi connectivity index (χ1v) is 10.6. The molecule has 7 nitrogen and oxygen atoms in total. The topological polar surface area (TPSA) is 71.3 Å². The molecule has 1 amide bonds. The van der Waals surface area contributed by atoms with E-state index in [4.69, 9.17) is 0 Å². The van der Waals surface area contributed by atoms with Gasteiger partial charge in [-0.2, -0.15) is 0 Å². The molecule has 2 aliphatic rings.